The molecule has 0 unspecified atom stereocenters. The average Bonchev–Trinajstić information content (AvgIpc) is 3.30. The van der Waals surface area contributed by atoms with E-state index in [2.05, 4.69) is 24.3 Å². The molecule has 2 saturated heterocycles. The summed E-state index contributed by atoms with van der Waals surface area (Å²) in [5, 5.41) is 9.81. The fourth-order valence-corrected chi connectivity index (χ4v) is 5.66. The van der Waals surface area contributed by atoms with E-state index < -0.39 is 11.8 Å². The highest BCUT2D eigenvalue weighted by Gasteiger charge is 2.27. The number of halogens is 2. The number of benzene rings is 2. The number of carbonyl (C=O) groups is 1. The van der Waals surface area contributed by atoms with Crippen molar-refractivity contribution < 1.29 is 23.8 Å². The minimum atomic E-state index is -0.948. The Morgan fingerprint density at radius 1 is 1.17 bits per heavy atom. The van der Waals surface area contributed by atoms with Crippen molar-refractivity contribution in [2.45, 2.75) is 51.1 Å². The molecule has 0 radical (unpaired) electrons. The van der Waals surface area contributed by atoms with Crippen molar-refractivity contribution >= 4 is 34.4 Å². The van der Waals surface area contributed by atoms with Gasteiger partial charge in [0.05, 0.1) is 35.8 Å². The minimum absolute atomic E-state index is 0.0412. The standard InChI is InChI=1S/C30H32ClFN6O4/c1-36(28-6-10-33-27(35-28)18-42-26-5-3-20(31)15-23(26)32)21-7-11-37(12-8-21)17-29-34-24-4-2-19(30(39)40)14-25(24)38(29)16-22-9-13-41-22/h2-6,10,14-15,21-22H,7-9,11-13,16-18H2,1H3,(H,39,40)/t22-/m0/s1. The highest BCUT2D eigenvalue weighted by Crippen LogP contribution is 2.26. The van der Waals surface area contributed by atoms with Crippen LogP contribution in [0.1, 0.15) is 41.3 Å². The zero-order valence-electron chi connectivity index (χ0n) is 23.2. The lowest BCUT2D eigenvalue weighted by Crippen LogP contribution is -2.44. The summed E-state index contributed by atoms with van der Waals surface area (Å²) in [6, 6.07) is 11.5. The molecule has 4 heterocycles. The number of ether oxygens (including phenoxy) is 2. The molecule has 2 fully saturated rings. The predicted octanol–water partition coefficient (Wildman–Crippen LogP) is 4.79. The van der Waals surface area contributed by atoms with E-state index in [4.69, 9.17) is 26.1 Å². The summed E-state index contributed by atoms with van der Waals surface area (Å²) in [7, 11) is 2.03. The van der Waals surface area contributed by atoms with Crippen LogP contribution in [0.5, 0.6) is 5.75 Å². The van der Waals surface area contributed by atoms with Gasteiger partial charge in [-0.15, -0.1) is 0 Å². The van der Waals surface area contributed by atoms with Gasteiger partial charge in [-0.2, -0.15) is 0 Å². The Bertz CT molecular complexity index is 1590. The minimum Gasteiger partial charge on any atom is -0.483 e. The second kappa shape index (κ2) is 12.2. The van der Waals surface area contributed by atoms with Crippen LogP contribution in [0, 0.1) is 5.82 Å². The zero-order valence-corrected chi connectivity index (χ0v) is 24.0. The van der Waals surface area contributed by atoms with Gasteiger partial charge in [0.1, 0.15) is 18.2 Å². The van der Waals surface area contributed by atoms with Crippen LogP contribution in [-0.4, -0.2) is 74.4 Å². The van der Waals surface area contributed by atoms with E-state index in [0.29, 0.717) is 30.0 Å². The second-order valence-electron chi connectivity index (χ2n) is 10.7. The summed E-state index contributed by atoms with van der Waals surface area (Å²) in [6.45, 7) is 3.91. The molecule has 0 spiro atoms. The SMILES string of the molecule is CN(c1ccnc(COc2ccc(Cl)cc2F)n1)C1CCN(Cc2nc3ccc(C(=O)O)cc3n2C[C@@H]2CCO2)CC1. The smallest absolute Gasteiger partial charge is 0.335 e. The number of hydrogen-bond acceptors (Lipinski definition) is 8. The van der Waals surface area contributed by atoms with Crippen LogP contribution in [-0.2, 0) is 24.4 Å². The molecule has 6 rings (SSSR count). The van der Waals surface area contributed by atoms with Crippen LogP contribution in [0.25, 0.3) is 11.0 Å². The summed E-state index contributed by atoms with van der Waals surface area (Å²) in [5.74, 6) is 0.801. The fourth-order valence-electron chi connectivity index (χ4n) is 5.50. The van der Waals surface area contributed by atoms with E-state index >= 15 is 0 Å². The lowest BCUT2D eigenvalue weighted by molar-refractivity contribution is -0.0592. The second-order valence-corrected chi connectivity index (χ2v) is 11.2. The van der Waals surface area contributed by atoms with Crippen LogP contribution in [0.2, 0.25) is 5.02 Å². The number of anilines is 1. The van der Waals surface area contributed by atoms with Crippen LogP contribution in [0.4, 0.5) is 10.2 Å². The highest BCUT2D eigenvalue weighted by atomic mass is 35.5. The van der Waals surface area contributed by atoms with E-state index in [9.17, 15) is 14.3 Å². The van der Waals surface area contributed by atoms with Gasteiger partial charge in [0.15, 0.2) is 17.4 Å². The Kier molecular flexibility index (Phi) is 8.23. The number of aromatic carboxylic acids is 1. The average molecular weight is 595 g/mol. The van der Waals surface area contributed by atoms with Crippen LogP contribution in [0.3, 0.4) is 0 Å². The molecule has 1 atom stereocenters. The van der Waals surface area contributed by atoms with Gasteiger partial charge in [-0.1, -0.05) is 11.6 Å². The van der Waals surface area contributed by atoms with Crippen LogP contribution < -0.4 is 9.64 Å². The number of hydrogen-bond donors (Lipinski definition) is 1. The molecule has 0 saturated carbocycles. The summed E-state index contributed by atoms with van der Waals surface area (Å²) >= 11 is 5.82. The number of carboxylic acid groups (broad SMARTS) is 1. The van der Waals surface area contributed by atoms with E-state index in [0.717, 1.165) is 61.6 Å². The van der Waals surface area contributed by atoms with Gasteiger partial charge >= 0.3 is 5.97 Å². The van der Waals surface area contributed by atoms with E-state index in [1.807, 2.05) is 13.1 Å². The van der Waals surface area contributed by atoms with Gasteiger partial charge in [0.2, 0.25) is 0 Å². The molecule has 1 N–H and O–H groups in total. The Morgan fingerprint density at radius 3 is 2.69 bits per heavy atom. The number of rotatable bonds is 10. The first-order valence-corrected chi connectivity index (χ1v) is 14.4. The molecule has 2 aliphatic rings. The van der Waals surface area contributed by atoms with Crippen molar-refractivity contribution in [3.05, 3.63) is 76.7 Å². The predicted molar refractivity (Wildman–Crippen MR) is 156 cm³/mol. The zero-order chi connectivity index (χ0) is 29.2. The third-order valence-corrected chi connectivity index (χ3v) is 8.26. The normalized spacial score (nSPS) is 17.7. The molecule has 2 aliphatic heterocycles. The fraction of sp³-hybridized carbons (Fsp3) is 0.400. The van der Waals surface area contributed by atoms with Crippen molar-refractivity contribution in [2.75, 3.05) is 31.6 Å². The number of fused-ring (bicyclic) bond motifs is 1. The summed E-state index contributed by atoms with van der Waals surface area (Å²) in [6.07, 6.45) is 4.69. The van der Waals surface area contributed by atoms with Crippen LogP contribution >= 0.6 is 11.6 Å². The van der Waals surface area contributed by atoms with Gasteiger partial charge in [-0.05, 0) is 61.7 Å². The van der Waals surface area contributed by atoms with Gasteiger partial charge in [-0.25, -0.2) is 24.1 Å². The van der Waals surface area contributed by atoms with E-state index in [1.54, 1.807) is 30.5 Å². The molecule has 42 heavy (non-hydrogen) atoms. The van der Waals surface area contributed by atoms with Crippen molar-refractivity contribution in [3.8, 4) is 5.75 Å². The van der Waals surface area contributed by atoms with Gasteiger partial charge in [-0.3, -0.25) is 4.90 Å². The third-order valence-electron chi connectivity index (χ3n) is 8.03. The maximum absolute atomic E-state index is 14.1. The summed E-state index contributed by atoms with van der Waals surface area (Å²) < 4.78 is 27.5. The van der Waals surface area contributed by atoms with Gasteiger partial charge in [0.25, 0.3) is 0 Å². The maximum Gasteiger partial charge on any atom is 0.335 e. The Morgan fingerprint density at radius 2 is 1.98 bits per heavy atom. The van der Waals surface area contributed by atoms with Crippen molar-refractivity contribution in [2.24, 2.45) is 0 Å². The molecule has 220 valence electrons. The lowest BCUT2D eigenvalue weighted by atomic mass is 10.0. The first-order valence-electron chi connectivity index (χ1n) is 14.0. The van der Waals surface area contributed by atoms with Crippen molar-refractivity contribution in [1.82, 2.24) is 24.4 Å². The number of piperidine rings is 1. The molecule has 0 aliphatic carbocycles. The number of carboxylic acids is 1. The Labute approximate surface area is 247 Å². The van der Waals surface area contributed by atoms with E-state index in [1.165, 1.54) is 12.1 Å². The number of likely N-dealkylation sites (tertiary alicyclic amines) is 1. The lowest BCUT2D eigenvalue weighted by Gasteiger charge is -2.37. The van der Waals surface area contributed by atoms with Crippen molar-refractivity contribution in [1.29, 1.82) is 0 Å². The maximum atomic E-state index is 14.1. The number of imidazole rings is 1. The quantitative estimate of drug-likeness (QED) is 0.277. The molecule has 2 aromatic carbocycles. The van der Waals surface area contributed by atoms with Gasteiger partial charge < -0.3 is 24.0 Å². The Balaban J connectivity index is 1.09. The van der Waals surface area contributed by atoms with Crippen LogP contribution in [0.15, 0.2) is 48.7 Å². The summed E-state index contributed by atoms with van der Waals surface area (Å²) in [4.78, 5) is 30.0. The first kappa shape index (κ1) is 28.3. The molecule has 12 heteroatoms. The monoisotopic (exact) mass is 594 g/mol. The highest BCUT2D eigenvalue weighted by molar-refractivity contribution is 6.30. The number of nitrogens with zero attached hydrogens (tertiary/aromatic N) is 6. The molecular formula is C30H32ClFN6O4. The van der Waals surface area contributed by atoms with E-state index in [-0.39, 0.29) is 24.0 Å². The third kappa shape index (κ3) is 6.18. The van der Waals surface area contributed by atoms with Crippen molar-refractivity contribution in [3.63, 3.8) is 0 Å². The largest absolute Gasteiger partial charge is 0.483 e. The molecule has 2 aromatic heterocycles. The molecule has 0 bridgehead atoms. The Hall–Kier alpha value is -3.80. The molecule has 4 aromatic rings. The molecule has 0 amide bonds. The topological polar surface area (TPSA) is 106 Å². The molecule has 10 nitrogen and oxygen atoms in total. The summed E-state index contributed by atoms with van der Waals surface area (Å²) in [5.41, 5.74) is 1.88. The number of aromatic nitrogens is 4. The molecular weight excluding hydrogens is 563 g/mol. The van der Waals surface area contributed by atoms with Gasteiger partial charge in [0, 0.05) is 44.0 Å². The first-order chi connectivity index (χ1) is 20.3.